The van der Waals surface area contributed by atoms with E-state index in [1.165, 1.54) is 0 Å². The molecular formula is C29H30F5N3O3. The van der Waals surface area contributed by atoms with Crippen molar-refractivity contribution in [1.82, 2.24) is 5.32 Å². The first-order valence-corrected chi connectivity index (χ1v) is 13.0. The van der Waals surface area contributed by atoms with Crippen molar-refractivity contribution < 1.29 is 36.3 Å². The van der Waals surface area contributed by atoms with Gasteiger partial charge in [0.05, 0.1) is 5.71 Å². The second-order valence-electron chi connectivity index (χ2n) is 10.6. The van der Waals surface area contributed by atoms with E-state index < -0.39 is 79.3 Å². The summed E-state index contributed by atoms with van der Waals surface area (Å²) >= 11 is 0. The summed E-state index contributed by atoms with van der Waals surface area (Å²) < 4.78 is 66.3. The van der Waals surface area contributed by atoms with Crippen LogP contribution in [-0.2, 0) is 20.8 Å². The summed E-state index contributed by atoms with van der Waals surface area (Å²) in [6.07, 6.45) is -9.66. The largest absolute Gasteiger partial charge is 0.389 e. The Morgan fingerprint density at radius 3 is 2.35 bits per heavy atom. The number of rotatable bonds is 9. The zero-order valence-corrected chi connectivity index (χ0v) is 21.8. The van der Waals surface area contributed by atoms with E-state index in [2.05, 4.69) is 10.3 Å². The first kappa shape index (κ1) is 29.4. The number of ketones is 1. The highest BCUT2D eigenvalue weighted by molar-refractivity contribution is 6.16. The molecule has 11 heteroatoms. The Balaban J connectivity index is 1.66. The molecule has 0 unspecified atom stereocenters. The Morgan fingerprint density at radius 1 is 1.07 bits per heavy atom. The molecule has 0 radical (unpaired) electrons. The Hall–Kier alpha value is -3.63. The smallest absolute Gasteiger partial charge is 0.369 e. The number of nitrogens with one attached hydrogen (secondary N) is 1. The quantitative estimate of drug-likeness (QED) is 0.425. The van der Waals surface area contributed by atoms with Gasteiger partial charge in [-0.25, -0.2) is 8.78 Å². The van der Waals surface area contributed by atoms with Crippen LogP contribution in [0.4, 0.5) is 22.0 Å². The van der Waals surface area contributed by atoms with Gasteiger partial charge in [-0.2, -0.15) is 13.2 Å². The number of amides is 2. The number of halogens is 5. The van der Waals surface area contributed by atoms with Crippen LogP contribution in [0.15, 0.2) is 53.5 Å². The van der Waals surface area contributed by atoms with Crippen molar-refractivity contribution in [2.45, 2.75) is 63.7 Å². The number of carbonyl (C=O) groups excluding carboxylic acids is 3. The van der Waals surface area contributed by atoms with Crippen LogP contribution in [0.1, 0.15) is 54.4 Å². The number of nitrogens with two attached hydrogens (primary N) is 1. The number of hydrogen-bond acceptors (Lipinski definition) is 4. The number of alkyl halides is 5. The standard InChI is InChI=1S/C29H30F5N3O3/c1-16-6-5-9-19-21(16)13-23(38)26(36-24(19)18-7-3-2-4-8-18)37-27(40)20(10-11-29(32,33)34)22(25(35)39)12-17-14-28(30,31)15-17/h2-9,17,20,22,26H,10-15H2,1H3,(H2,35,39)(H,37,40)/t20-,22+,26-/m1/s1. The lowest BCUT2D eigenvalue weighted by atomic mass is 9.72. The van der Waals surface area contributed by atoms with Gasteiger partial charge < -0.3 is 11.1 Å². The van der Waals surface area contributed by atoms with Crippen molar-refractivity contribution in [2.24, 2.45) is 28.5 Å². The molecule has 0 spiro atoms. The average molecular weight is 564 g/mol. The summed E-state index contributed by atoms with van der Waals surface area (Å²) in [5.74, 6) is -9.12. The number of hydrogen-bond donors (Lipinski definition) is 2. The van der Waals surface area contributed by atoms with Gasteiger partial charge in [0, 0.05) is 48.6 Å². The van der Waals surface area contributed by atoms with Gasteiger partial charge in [-0.05, 0) is 36.8 Å². The van der Waals surface area contributed by atoms with Crippen molar-refractivity contribution in [3.05, 3.63) is 70.8 Å². The predicted octanol–water partition coefficient (Wildman–Crippen LogP) is 4.90. The molecule has 0 saturated heterocycles. The number of Topliss-reactive ketones (excluding diaryl/α,β-unsaturated/α-hetero) is 1. The van der Waals surface area contributed by atoms with Crippen LogP contribution in [0.25, 0.3) is 0 Å². The molecule has 1 aliphatic carbocycles. The fraction of sp³-hybridized carbons (Fsp3) is 0.448. The maximum atomic E-state index is 13.5. The topological polar surface area (TPSA) is 102 Å². The molecule has 214 valence electrons. The summed E-state index contributed by atoms with van der Waals surface area (Å²) in [5, 5.41) is 2.46. The van der Waals surface area contributed by atoms with E-state index in [-0.39, 0.29) is 12.8 Å². The van der Waals surface area contributed by atoms with Gasteiger partial charge in [-0.1, -0.05) is 48.5 Å². The molecule has 4 rings (SSSR count). The SMILES string of the molecule is Cc1cccc2c1CC(=O)[C@@H](NC(=O)[C@H](CCC(F)(F)F)[C@H](CC1CC(F)(F)C1)C(N)=O)N=C2c1ccccc1. The average Bonchev–Trinajstić information content (AvgIpc) is 2.99. The number of aryl methyl sites for hydroxylation is 1. The van der Waals surface area contributed by atoms with Crippen LogP contribution < -0.4 is 11.1 Å². The number of fused-ring (bicyclic) bond motifs is 1. The summed E-state index contributed by atoms with van der Waals surface area (Å²) in [7, 11) is 0. The lowest BCUT2D eigenvalue weighted by molar-refractivity contribution is -0.149. The lowest BCUT2D eigenvalue weighted by Gasteiger charge is -2.38. The van der Waals surface area contributed by atoms with E-state index in [0.717, 1.165) is 5.56 Å². The molecule has 2 aromatic carbocycles. The number of carbonyl (C=O) groups is 3. The third kappa shape index (κ3) is 6.92. The zero-order chi connectivity index (χ0) is 29.2. The van der Waals surface area contributed by atoms with E-state index >= 15 is 0 Å². The molecule has 6 nitrogen and oxygen atoms in total. The molecule has 2 aliphatic rings. The molecule has 0 aromatic heterocycles. The Labute approximate surface area is 228 Å². The Morgan fingerprint density at radius 2 is 1.75 bits per heavy atom. The minimum Gasteiger partial charge on any atom is -0.369 e. The molecule has 1 fully saturated rings. The van der Waals surface area contributed by atoms with Gasteiger partial charge in [0.15, 0.2) is 11.9 Å². The number of aliphatic imine (C=N–C) groups is 1. The minimum atomic E-state index is -4.64. The summed E-state index contributed by atoms with van der Waals surface area (Å²) in [6.45, 7) is 1.84. The summed E-state index contributed by atoms with van der Waals surface area (Å²) in [5.41, 5.74) is 8.80. The third-order valence-electron chi connectivity index (χ3n) is 7.59. The monoisotopic (exact) mass is 563 g/mol. The molecule has 1 heterocycles. The molecule has 3 atom stereocenters. The van der Waals surface area contributed by atoms with Gasteiger partial charge in [-0.15, -0.1) is 0 Å². The normalized spacial score (nSPS) is 20.4. The second-order valence-corrected chi connectivity index (χ2v) is 10.6. The van der Waals surface area contributed by atoms with E-state index in [0.29, 0.717) is 22.4 Å². The maximum absolute atomic E-state index is 13.5. The molecule has 40 heavy (non-hydrogen) atoms. The first-order valence-electron chi connectivity index (χ1n) is 13.0. The van der Waals surface area contributed by atoms with Gasteiger partial charge in [0.2, 0.25) is 17.7 Å². The lowest BCUT2D eigenvalue weighted by Crippen LogP contribution is -2.48. The highest BCUT2D eigenvalue weighted by Crippen LogP contribution is 2.46. The zero-order valence-electron chi connectivity index (χ0n) is 21.8. The second kappa shape index (κ2) is 11.5. The van der Waals surface area contributed by atoms with Crippen molar-refractivity contribution >= 4 is 23.3 Å². The Kier molecular flexibility index (Phi) is 8.41. The molecule has 1 saturated carbocycles. The fourth-order valence-corrected chi connectivity index (χ4v) is 5.50. The molecule has 2 aromatic rings. The highest BCUT2D eigenvalue weighted by atomic mass is 19.4. The molecule has 3 N–H and O–H groups in total. The highest BCUT2D eigenvalue weighted by Gasteiger charge is 2.48. The van der Waals surface area contributed by atoms with Gasteiger partial charge >= 0.3 is 6.18 Å². The minimum absolute atomic E-state index is 0.0869. The van der Waals surface area contributed by atoms with Crippen molar-refractivity contribution in [3.8, 4) is 0 Å². The fourth-order valence-electron chi connectivity index (χ4n) is 5.50. The van der Waals surface area contributed by atoms with Crippen LogP contribution >= 0.6 is 0 Å². The van der Waals surface area contributed by atoms with Crippen LogP contribution in [0.2, 0.25) is 0 Å². The van der Waals surface area contributed by atoms with E-state index in [1.807, 2.05) is 19.1 Å². The van der Waals surface area contributed by atoms with Crippen LogP contribution in [-0.4, -0.2) is 41.6 Å². The van der Waals surface area contributed by atoms with E-state index in [4.69, 9.17) is 5.73 Å². The van der Waals surface area contributed by atoms with Gasteiger partial charge in [-0.3, -0.25) is 19.4 Å². The third-order valence-corrected chi connectivity index (χ3v) is 7.59. The maximum Gasteiger partial charge on any atom is 0.389 e. The Bertz CT molecular complexity index is 1300. The molecule has 1 aliphatic heterocycles. The number of benzene rings is 2. The van der Waals surface area contributed by atoms with Gasteiger partial charge in [0.25, 0.3) is 0 Å². The van der Waals surface area contributed by atoms with Crippen molar-refractivity contribution in [2.75, 3.05) is 0 Å². The molecular weight excluding hydrogens is 533 g/mol. The predicted molar refractivity (Wildman–Crippen MR) is 138 cm³/mol. The summed E-state index contributed by atoms with van der Waals surface area (Å²) in [4.78, 5) is 43.7. The first-order chi connectivity index (χ1) is 18.7. The van der Waals surface area contributed by atoms with E-state index in [1.54, 1.807) is 36.4 Å². The van der Waals surface area contributed by atoms with Crippen molar-refractivity contribution in [3.63, 3.8) is 0 Å². The van der Waals surface area contributed by atoms with Crippen molar-refractivity contribution in [1.29, 1.82) is 0 Å². The molecule has 0 bridgehead atoms. The van der Waals surface area contributed by atoms with Crippen LogP contribution in [0.5, 0.6) is 0 Å². The van der Waals surface area contributed by atoms with Gasteiger partial charge in [0.1, 0.15) is 0 Å². The van der Waals surface area contributed by atoms with Crippen LogP contribution in [0, 0.1) is 24.7 Å². The molecule has 2 amide bonds. The van der Waals surface area contributed by atoms with Crippen LogP contribution in [0.3, 0.4) is 0 Å². The van der Waals surface area contributed by atoms with E-state index in [9.17, 15) is 36.3 Å². The number of nitrogens with zero attached hydrogens (tertiary/aromatic N) is 1. The summed E-state index contributed by atoms with van der Waals surface area (Å²) in [6, 6.07) is 14.4. The number of primary amides is 1.